The van der Waals surface area contributed by atoms with E-state index in [0.29, 0.717) is 7.18 Å². The van der Waals surface area contributed by atoms with E-state index in [1.165, 1.54) is 0 Å². The summed E-state index contributed by atoms with van der Waals surface area (Å²) >= 11 is 0. The molecule has 12 heteroatoms. The van der Waals surface area contributed by atoms with Gasteiger partial charge < -0.3 is 26.6 Å². The molecule has 0 aromatic carbocycles. The molecule has 0 aliphatic heterocycles. The largest absolute Gasteiger partial charge is 0.615 e. The zero-order valence-electron chi connectivity index (χ0n) is 12.5. The molecule has 0 amide bonds. The van der Waals surface area contributed by atoms with E-state index in [0.717, 1.165) is 21.3 Å². The topological polar surface area (TPSA) is 55.4 Å². The summed E-state index contributed by atoms with van der Waals surface area (Å²) in [6.45, 7) is 0. The van der Waals surface area contributed by atoms with Crippen molar-refractivity contribution in [3.05, 3.63) is 0 Å². The maximum Gasteiger partial charge on any atom is 0.615 e. The van der Waals surface area contributed by atoms with Crippen molar-refractivity contribution in [2.24, 2.45) is 0 Å². The fourth-order valence-corrected chi connectivity index (χ4v) is 2.66. The van der Waals surface area contributed by atoms with Gasteiger partial charge in [0.15, 0.2) is 0 Å². The van der Waals surface area contributed by atoms with Crippen LogP contribution in [0.2, 0.25) is 0 Å². The van der Waals surface area contributed by atoms with Crippen LogP contribution in [0.3, 0.4) is 0 Å². The average molecular weight is 346 g/mol. The number of hydrogen-bond acceptors (Lipinski definition) is 6. The van der Waals surface area contributed by atoms with Gasteiger partial charge in [-0.25, -0.2) is 0 Å². The second kappa shape index (κ2) is 13.9. The molecule has 0 saturated carbocycles. The van der Waals surface area contributed by atoms with Crippen LogP contribution in [0.4, 0.5) is 17.6 Å². The molecule has 0 heterocycles. The van der Waals surface area contributed by atoms with Crippen molar-refractivity contribution in [2.75, 3.05) is 49.8 Å². The predicted octanol–water partition coefficient (Wildman–Crippen LogP) is 1.19. The Kier molecular flexibility index (Phi) is 17.3. The first-order valence-corrected chi connectivity index (χ1v) is 8.10. The lowest BCUT2D eigenvalue weighted by Crippen LogP contribution is -2.56. The van der Waals surface area contributed by atoms with Gasteiger partial charge in [-0.05, 0) is 0 Å². The van der Waals surface area contributed by atoms with E-state index in [-0.39, 0.29) is 0 Å². The van der Waals surface area contributed by atoms with Crippen LogP contribution in [-0.4, -0.2) is 74.0 Å². The summed E-state index contributed by atoms with van der Waals surface area (Å²) in [4.78, 5) is 0. The van der Waals surface area contributed by atoms with Crippen molar-refractivity contribution in [2.45, 2.75) is 5.80 Å². The van der Waals surface area contributed by atoms with Crippen LogP contribution < -0.4 is 0 Å². The zero-order chi connectivity index (χ0) is 16.8. The highest BCUT2D eigenvalue weighted by atomic mass is 28.4. The second-order valence-electron chi connectivity index (χ2n) is 2.66. The van der Waals surface area contributed by atoms with E-state index in [1.807, 2.05) is 0 Å². The lowest BCUT2D eigenvalue weighted by molar-refractivity contribution is -0.122. The molecule has 0 aliphatic rings. The van der Waals surface area contributed by atoms with Gasteiger partial charge in [0.1, 0.15) is 0 Å². The van der Waals surface area contributed by atoms with Crippen molar-refractivity contribution in [3.8, 4) is 0 Å². The third-order valence-electron chi connectivity index (χ3n) is 1.73. The lowest BCUT2D eigenvalue weighted by Gasteiger charge is -2.25. The summed E-state index contributed by atoms with van der Waals surface area (Å²) in [5.74, 6) is -4.56. The Labute approximate surface area is 119 Å². The monoisotopic (exact) mass is 346 g/mol. The highest BCUT2D eigenvalue weighted by Gasteiger charge is 2.65. The molecular weight excluding hydrogens is 324 g/mol. The highest BCUT2D eigenvalue weighted by Crippen LogP contribution is 2.29. The van der Waals surface area contributed by atoms with Crippen LogP contribution in [0, 0.1) is 0 Å². The van der Waals surface area contributed by atoms with Crippen LogP contribution >= 0.6 is 0 Å². The molecular formula is C8H22F4O6Si2. The maximum atomic E-state index is 12.1. The predicted molar refractivity (Wildman–Crippen MR) is 68.0 cm³/mol. The summed E-state index contributed by atoms with van der Waals surface area (Å²) in [5, 5.41) is 0. The minimum absolute atomic E-state index is 0.500. The molecule has 0 aromatic rings. The molecule has 0 N–H and O–H groups in total. The lowest BCUT2D eigenvalue weighted by atomic mass is 11.5. The van der Waals surface area contributed by atoms with Gasteiger partial charge in [-0.1, -0.05) is 0 Å². The Balaban J connectivity index is -0.000000277. The molecule has 0 rings (SSSR count). The summed E-state index contributed by atoms with van der Waals surface area (Å²) in [6, 6.07) is 0. The van der Waals surface area contributed by atoms with Crippen LogP contribution in [-0.2, 0) is 26.6 Å². The van der Waals surface area contributed by atoms with E-state index >= 15 is 0 Å². The standard InChI is InChI=1S/C4H9F3O3Si.C3H10O3Si.CH3F/c1-8-11(9-2,10-3)4(5,6)7;1-4-7(5-2)6-3;1-2/h1-3H3;7H,1-3H3;1H3. The molecule has 0 atom stereocenters. The number of hydrogen-bond donors (Lipinski definition) is 0. The van der Waals surface area contributed by atoms with Crippen LogP contribution in [0.25, 0.3) is 0 Å². The van der Waals surface area contributed by atoms with Gasteiger partial charge in [-0.2, -0.15) is 13.2 Å². The first-order valence-electron chi connectivity index (χ1n) is 4.96. The van der Waals surface area contributed by atoms with E-state index in [1.54, 1.807) is 21.3 Å². The fraction of sp³-hybridized carbons (Fsp3) is 1.00. The van der Waals surface area contributed by atoms with Crippen LogP contribution in [0.1, 0.15) is 0 Å². The number of alkyl halides is 4. The SMILES string of the molecule is CF.CO[SiH](OC)OC.CO[Si](OC)(OC)C(F)(F)F. The fourth-order valence-electron chi connectivity index (χ4n) is 0.886. The van der Waals surface area contributed by atoms with Gasteiger partial charge in [-0.15, -0.1) is 0 Å². The Morgan fingerprint density at radius 3 is 0.950 bits per heavy atom. The molecule has 0 bridgehead atoms. The Bertz CT molecular complexity index is 188. The molecule has 0 fully saturated rings. The maximum absolute atomic E-state index is 12.1. The molecule has 0 aromatic heterocycles. The van der Waals surface area contributed by atoms with E-state index in [4.69, 9.17) is 13.3 Å². The first-order chi connectivity index (χ1) is 9.28. The second-order valence-corrected chi connectivity index (χ2v) is 7.56. The van der Waals surface area contributed by atoms with Crippen molar-refractivity contribution in [3.63, 3.8) is 0 Å². The zero-order valence-corrected chi connectivity index (χ0v) is 14.7. The van der Waals surface area contributed by atoms with Crippen molar-refractivity contribution >= 4 is 18.3 Å². The van der Waals surface area contributed by atoms with Crippen LogP contribution in [0.15, 0.2) is 0 Å². The Morgan fingerprint density at radius 1 is 0.700 bits per heavy atom. The molecule has 0 unspecified atom stereocenters. The van der Waals surface area contributed by atoms with Crippen molar-refractivity contribution in [1.82, 2.24) is 0 Å². The summed E-state index contributed by atoms with van der Waals surface area (Å²) < 4.78 is 72.4. The Hall–Kier alpha value is -0.0862. The third-order valence-corrected chi connectivity index (χ3v) is 5.19. The minimum atomic E-state index is -4.56. The normalized spacial score (nSPS) is 11.4. The van der Waals surface area contributed by atoms with Gasteiger partial charge in [-0.3, -0.25) is 4.39 Å². The van der Waals surface area contributed by atoms with Gasteiger partial charge in [0.05, 0.1) is 7.18 Å². The van der Waals surface area contributed by atoms with Gasteiger partial charge in [0.2, 0.25) is 0 Å². The molecule has 6 nitrogen and oxygen atoms in total. The summed E-state index contributed by atoms with van der Waals surface area (Å²) in [5.41, 5.74) is 0. The molecule has 126 valence electrons. The third kappa shape index (κ3) is 8.96. The minimum Gasteiger partial charge on any atom is -0.379 e. The van der Waals surface area contributed by atoms with E-state index in [9.17, 15) is 17.6 Å². The van der Waals surface area contributed by atoms with Gasteiger partial charge in [0.25, 0.3) is 0 Å². The molecule has 0 spiro atoms. The smallest absolute Gasteiger partial charge is 0.379 e. The summed E-state index contributed by atoms with van der Waals surface area (Å²) in [7, 11) is 1.86. The molecule has 0 aliphatic carbocycles. The van der Waals surface area contributed by atoms with Crippen molar-refractivity contribution < 1.29 is 44.1 Å². The van der Waals surface area contributed by atoms with E-state index in [2.05, 4.69) is 13.3 Å². The van der Waals surface area contributed by atoms with Gasteiger partial charge in [0, 0.05) is 42.7 Å². The average Bonchev–Trinajstić information content (AvgIpc) is 2.45. The number of halogens is 4. The number of rotatable bonds is 6. The van der Waals surface area contributed by atoms with E-state index < -0.39 is 24.1 Å². The molecule has 20 heavy (non-hydrogen) atoms. The first kappa shape index (κ1) is 24.9. The molecule has 0 saturated heterocycles. The molecule has 0 radical (unpaired) electrons. The Morgan fingerprint density at radius 2 is 0.950 bits per heavy atom. The summed E-state index contributed by atoms with van der Waals surface area (Å²) in [6.07, 6.45) is 0. The van der Waals surface area contributed by atoms with Crippen LogP contribution in [0.5, 0.6) is 0 Å². The van der Waals surface area contributed by atoms with Gasteiger partial charge >= 0.3 is 24.1 Å². The quantitative estimate of drug-likeness (QED) is 0.532. The highest BCUT2D eigenvalue weighted by molar-refractivity contribution is 6.62. The van der Waals surface area contributed by atoms with Crippen molar-refractivity contribution in [1.29, 1.82) is 0 Å².